The number of benzene rings is 1. The third kappa shape index (κ3) is 1.74. The largest absolute Gasteiger partial charge is 0.324 e. The number of thioether (sulfide) groups is 1. The monoisotopic (exact) mass is 270 g/mol. The second-order valence-electron chi connectivity index (χ2n) is 5.10. The Kier molecular flexibility index (Phi) is 2.52. The lowest BCUT2D eigenvalue weighted by molar-refractivity contribution is -0.113. The van der Waals surface area contributed by atoms with Gasteiger partial charge in [-0.15, -0.1) is 11.8 Å². The van der Waals surface area contributed by atoms with E-state index in [1.165, 1.54) is 17.7 Å². The van der Waals surface area contributed by atoms with Crippen molar-refractivity contribution in [1.82, 2.24) is 4.98 Å². The van der Waals surface area contributed by atoms with Gasteiger partial charge in [0.25, 0.3) is 0 Å². The Hall–Kier alpha value is -1.55. The van der Waals surface area contributed by atoms with Crippen LogP contribution in [0.25, 0.3) is 10.9 Å². The first-order valence-corrected chi connectivity index (χ1v) is 7.71. The topological polar surface area (TPSA) is 42.0 Å². The lowest BCUT2D eigenvalue weighted by Crippen LogP contribution is -2.14. The molecule has 19 heavy (non-hydrogen) atoms. The zero-order valence-electron chi connectivity index (χ0n) is 10.5. The van der Waals surface area contributed by atoms with Crippen LogP contribution in [0.1, 0.15) is 29.3 Å². The minimum atomic E-state index is 0.109. The van der Waals surface area contributed by atoms with Gasteiger partial charge in [0.1, 0.15) is 0 Å². The summed E-state index contributed by atoms with van der Waals surface area (Å²) in [6.07, 6.45) is 3.35. The molecular weight excluding hydrogens is 256 g/mol. The maximum atomic E-state index is 11.9. The highest BCUT2D eigenvalue weighted by molar-refractivity contribution is 8.00. The summed E-state index contributed by atoms with van der Waals surface area (Å²) in [7, 11) is 0. The fourth-order valence-corrected chi connectivity index (χ4v) is 4.25. The molecule has 1 aromatic carbocycles. The van der Waals surface area contributed by atoms with Crippen molar-refractivity contribution in [3.05, 3.63) is 35.5 Å². The number of fused-ring (bicyclic) bond motifs is 2. The number of aromatic nitrogens is 1. The predicted octanol–water partition coefficient (Wildman–Crippen LogP) is 3.30. The smallest absolute Gasteiger partial charge is 0.234 e. The fraction of sp³-hybridized carbons (Fsp3) is 0.333. The van der Waals surface area contributed by atoms with E-state index < -0.39 is 0 Å². The number of pyridine rings is 1. The molecule has 0 spiro atoms. The summed E-state index contributed by atoms with van der Waals surface area (Å²) in [4.78, 5) is 16.7. The number of nitrogens with one attached hydrogen (secondary N) is 1. The quantitative estimate of drug-likeness (QED) is 0.798. The van der Waals surface area contributed by atoms with E-state index in [-0.39, 0.29) is 5.91 Å². The van der Waals surface area contributed by atoms with Gasteiger partial charge in [0, 0.05) is 21.9 Å². The Bertz CT molecular complexity index is 683. The van der Waals surface area contributed by atoms with Gasteiger partial charge >= 0.3 is 0 Å². The van der Waals surface area contributed by atoms with E-state index >= 15 is 0 Å². The average Bonchev–Trinajstić information content (AvgIpc) is 2.60. The van der Waals surface area contributed by atoms with Gasteiger partial charge in [-0.2, -0.15) is 0 Å². The van der Waals surface area contributed by atoms with Crippen LogP contribution in [-0.4, -0.2) is 16.6 Å². The highest BCUT2D eigenvalue weighted by Gasteiger charge is 2.30. The molecule has 1 atom stereocenters. The van der Waals surface area contributed by atoms with Crippen LogP contribution in [0, 0.1) is 0 Å². The number of para-hydroxylation sites is 1. The average molecular weight is 270 g/mol. The minimum Gasteiger partial charge on any atom is -0.324 e. The van der Waals surface area contributed by atoms with E-state index in [4.69, 9.17) is 4.98 Å². The summed E-state index contributed by atoms with van der Waals surface area (Å²) in [6, 6.07) is 8.09. The number of carbonyl (C=O) groups excluding carboxylic acids is 1. The summed E-state index contributed by atoms with van der Waals surface area (Å²) >= 11 is 1.76. The van der Waals surface area contributed by atoms with Crippen LogP contribution in [0.5, 0.6) is 0 Å². The standard InChI is InChI=1S/C15H14N2OS/c18-13-8-19-12-7-3-6-11-14(12)15(17-13)9-4-1-2-5-10(9)16-11/h1-2,4-5,12H,3,6-8H2,(H,17,18). The zero-order chi connectivity index (χ0) is 12.8. The number of hydrogen-bond donors (Lipinski definition) is 1. The van der Waals surface area contributed by atoms with Crippen LogP contribution >= 0.6 is 11.8 Å². The van der Waals surface area contributed by atoms with Crippen LogP contribution in [0.4, 0.5) is 5.69 Å². The first-order valence-electron chi connectivity index (χ1n) is 6.66. The summed E-state index contributed by atoms with van der Waals surface area (Å²) < 4.78 is 0. The Morgan fingerprint density at radius 2 is 2.21 bits per heavy atom. The van der Waals surface area contributed by atoms with Gasteiger partial charge in [-0.25, -0.2) is 0 Å². The molecule has 1 amide bonds. The summed E-state index contributed by atoms with van der Waals surface area (Å²) in [5.74, 6) is 0.658. The van der Waals surface area contributed by atoms with Crippen LogP contribution < -0.4 is 5.32 Å². The van der Waals surface area contributed by atoms with Crippen molar-refractivity contribution in [2.45, 2.75) is 24.5 Å². The third-order valence-electron chi connectivity index (χ3n) is 3.89. The first kappa shape index (κ1) is 11.3. The van der Waals surface area contributed by atoms with Crippen LogP contribution in [-0.2, 0) is 11.2 Å². The Morgan fingerprint density at radius 1 is 1.32 bits per heavy atom. The normalized spacial score (nSPS) is 21.7. The molecule has 0 saturated carbocycles. The van der Waals surface area contributed by atoms with Gasteiger partial charge in [-0.05, 0) is 25.3 Å². The molecule has 0 bridgehead atoms. The molecule has 4 rings (SSSR count). The predicted molar refractivity (Wildman–Crippen MR) is 78.5 cm³/mol. The molecule has 0 fully saturated rings. The highest BCUT2D eigenvalue weighted by atomic mass is 32.2. The lowest BCUT2D eigenvalue weighted by Gasteiger charge is -2.25. The molecule has 3 nitrogen and oxygen atoms in total. The lowest BCUT2D eigenvalue weighted by atomic mass is 9.92. The molecule has 1 aliphatic carbocycles. The number of hydrogen-bond acceptors (Lipinski definition) is 3. The van der Waals surface area contributed by atoms with Crippen molar-refractivity contribution in [2.24, 2.45) is 0 Å². The van der Waals surface area contributed by atoms with Gasteiger partial charge in [-0.1, -0.05) is 18.2 Å². The second-order valence-corrected chi connectivity index (χ2v) is 6.30. The summed E-state index contributed by atoms with van der Waals surface area (Å²) in [6.45, 7) is 0. The van der Waals surface area contributed by atoms with E-state index in [2.05, 4.69) is 11.4 Å². The van der Waals surface area contributed by atoms with Gasteiger partial charge < -0.3 is 5.32 Å². The molecule has 2 aromatic rings. The van der Waals surface area contributed by atoms with Crippen LogP contribution in [0.3, 0.4) is 0 Å². The molecule has 1 aliphatic heterocycles. The van der Waals surface area contributed by atoms with Crippen LogP contribution in [0.15, 0.2) is 24.3 Å². The van der Waals surface area contributed by atoms with Gasteiger partial charge in [0.15, 0.2) is 0 Å². The molecule has 4 heteroatoms. The van der Waals surface area contributed by atoms with Crippen molar-refractivity contribution in [1.29, 1.82) is 0 Å². The summed E-state index contributed by atoms with van der Waals surface area (Å²) in [5, 5.41) is 4.60. The molecule has 2 aliphatic rings. The molecule has 1 N–H and O–H groups in total. The third-order valence-corrected chi connectivity index (χ3v) is 5.19. The maximum Gasteiger partial charge on any atom is 0.234 e. The van der Waals surface area contributed by atoms with Crippen molar-refractivity contribution in [3.8, 4) is 0 Å². The molecule has 1 aromatic heterocycles. The molecule has 96 valence electrons. The van der Waals surface area contributed by atoms with Crippen LogP contribution in [0.2, 0.25) is 0 Å². The second kappa shape index (κ2) is 4.23. The number of carbonyl (C=O) groups is 1. The number of anilines is 1. The number of amides is 1. The first-order chi connectivity index (χ1) is 9.33. The van der Waals surface area contributed by atoms with Crippen molar-refractivity contribution >= 4 is 34.3 Å². The van der Waals surface area contributed by atoms with Gasteiger partial charge in [0.2, 0.25) is 5.91 Å². The van der Waals surface area contributed by atoms with Crippen molar-refractivity contribution in [3.63, 3.8) is 0 Å². The molecule has 0 radical (unpaired) electrons. The molecular formula is C15H14N2OS. The number of nitrogens with zero attached hydrogens (tertiary/aromatic N) is 1. The summed E-state index contributed by atoms with van der Waals surface area (Å²) in [5.41, 5.74) is 4.46. The van der Waals surface area contributed by atoms with Gasteiger partial charge in [-0.3, -0.25) is 9.78 Å². The SMILES string of the molecule is O=C1CSC2CCCc3nc4ccccc4c(c32)N1. The molecule has 1 unspecified atom stereocenters. The molecule has 0 saturated heterocycles. The number of aryl methyl sites for hydroxylation is 1. The maximum absolute atomic E-state index is 11.9. The van der Waals surface area contributed by atoms with E-state index in [1.54, 1.807) is 11.8 Å². The zero-order valence-corrected chi connectivity index (χ0v) is 11.3. The van der Waals surface area contributed by atoms with E-state index in [9.17, 15) is 4.79 Å². The van der Waals surface area contributed by atoms with E-state index in [0.29, 0.717) is 11.0 Å². The highest BCUT2D eigenvalue weighted by Crippen LogP contribution is 2.46. The van der Waals surface area contributed by atoms with Crippen molar-refractivity contribution in [2.75, 3.05) is 11.1 Å². The Morgan fingerprint density at radius 3 is 3.16 bits per heavy atom. The Labute approximate surface area is 115 Å². The van der Waals surface area contributed by atoms with Crippen molar-refractivity contribution < 1.29 is 4.79 Å². The minimum absolute atomic E-state index is 0.109. The number of rotatable bonds is 0. The van der Waals surface area contributed by atoms with E-state index in [0.717, 1.165) is 29.4 Å². The Balaban J connectivity index is 2.07. The fourth-order valence-electron chi connectivity index (χ4n) is 3.07. The van der Waals surface area contributed by atoms with E-state index in [1.807, 2.05) is 18.2 Å². The van der Waals surface area contributed by atoms with Gasteiger partial charge in [0.05, 0.1) is 17.0 Å². The molecule has 2 heterocycles.